The molecule has 2 fully saturated rings. The molecule has 0 aromatic heterocycles. The van der Waals surface area contributed by atoms with Crippen molar-refractivity contribution in [3.05, 3.63) is 0 Å². The van der Waals surface area contributed by atoms with Crippen molar-refractivity contribution in [1.82, 2.24) is 10.2 Å². The summed E-state index contributed by atoms with van der Waals surface area (Å²) in [5.41, 5.74) is 0. The summed E-state index contributed by atoms with van der Waals surface area (Å²) >= 11 is 0. The molecule has 2 rings (SSSR count). The first-order valence-electron chi connectivity index (χ1n) is 4.38. The number of carbonyl (C=O) groups excluding carboxylic acids is 3. The Labute approximate surface area is 75.1 Å². The minimum atomic E-state index is -0.795. The molecule has 0 atom stereocenters. The van der Waals surface area contributed by atoms with Crippen molar-refractivity contribution in [3.8, 4) is 0 Å². The van der Waals surface area contributed by atoms with Crippen molar-refractivity contribution in [1.29, 1.82) is 0 Å². The summed E-state index contributed by atoms with van der Waals surface area (Å²) in [4.78, 5) is 34.2. The highest BCUT2D eigenvalue weighted by molar-refractivity contribution is 6.44. The third kappa shape index (κ3) is 1.20. The maximum atomic E-state index is 11.2. The first-order chi connectivity index (χ1) is 6.20. The summed E-state index contributed by atoms with van der Waals surface area (Å²) in [6.07, 6.45) is 3.70. The van der Waals surface area contributed by atoms with E-state index in [1.807, 2.05) is 5.32 Å². The number of imide groups is 2. The number of carbonyl (C=O) groups is 3. The molecular formula is C8H10N2O3. The lowest BCUT2D eigenvalue weighted by Crippen LogP contribution is -2.39. The van der Waals surface area contributed by atoms with Crippen LogP contribution in [0.1, 0.15) is 25.7 Å². The summed E-state index contributed by atoms with van der Waals surface area (Å²) in [5, 5.41) is 1.99. The summed E-state index contributed by atoms with van der Waals surface area (Å²) in [6, 6.07) is -0.610. The van der Waals surface area contributed by atoms with Gasteiger partial charge in [0.25, 0.3) is 0 Å². The standard InChI is InChI=1S/C8H10N2O3/c11-6-7(12)10(8(13)9-6)5-3-1-2-4-5/h5H,1-4H2,(H,9,11,13). The average molecular weight is 182 g/mol. The van der Waals surface area contributed by atoms with E-state index in [9.17, 15) is 14.4 Å². The fourth-order valence-corrected chi connectivity index (χ4v) is 1.91. The molecule has 1 aliphatic carbocycles. The molecule has 1 heterocycles. The zero-order chi connectivity index (χ0) is 9.42. The molecule has 1 saturated carbocycles. The van der Waals surface area contributed by atoms with Gasteiger partial charge in [-0.3, -0.25) is 19.8 Å². The lowest BCUT2D eigenvalue weighted by Gasteiger charge is -2.18. The molecule has 0 aromatic carbocycles. The van der Waals surface area contributed by atoms with E-state index in [0.29, 0.717) is 0 Å². The Morgan fingerprint density at radius 2 is 1.77 bits per heavy atom. The molecule has 0 unspecified atom stereocenters. The van der Waals surface area contributed by atoms with E-state index >= 15 is 0 Å². The van der Waals surface area contributed by atoms with Crippen LogP contribution in [0.2, 0.25) is 0 Å². The molecule has 13 heavy (non-hydrogen) atoms. The monoisotopic (exact) mass is 182 g/mol. The number of rotatable bonds is 1. The number of hydrogen-bond acceptors (Lipinski definition) is 3. The molecule has 5 heteroatoms. The highest BCUT2D eigenvalue weighted by atomic mass is 16.2. The normalized spacial score (nSPS) is 24.3. The van der Waals surface area contributed by atoms with E-state index in [2.05, 4.69) is 0 Å². The third-order valence-electron chi connectivity index (χ3n) is 2.54. The highest BCUT2D eigenvalue weighted by Crippen LogP contribution is 2.24. The maximum absolute atomic E-state index is 11.2. The van der Waals surface area contributed by atoms with Gasteiger partial charge in [-0.15, -0.1) is 0 Å². The van der Waals surface area contributed by atoms with Gasteiger partial charge >= 0.3 is 17.8 Å². The summed E-state index contributed by atoms with van der Waals surface area (Å²) in [5.74, 6) is -1.49. The van der Waals surface area contributed by atoms with Gasteiger partial charge in [-0.1, -0.05) is 12.8 Å². The quantitative estimate of drug-likeness (QED) is 0.458. The van der Waals surface area contributed by atoms with E-state index in [1.54, 1.807) is 0 Å². The topological polar surface area (TPSA) is 66.5 Å². The van der Waals surface area contributed by atoms with Gasteiger partial charge in [-0.05, 0) is 12.8 Å². The van der Waals surface area contributed by atoms with Crippen molar-refractivity contribution in [2.24, 2.45) is 0 Å². The van der Waals surface area contributed by atoms with Crippen molar-refractivity contribution < 1.29 is 14.4 Å². The second-order valence-corrected chi connectivity index (χ2v) is 3.37. The van der Waals surface area contributed by atoms with Crippen molar-refractivity contribution in [2.75, 3.05) is 0 Å². The zero-order valence-corrected chi connectivity index (χ0v) is 7.08. The van der Waals surface area contributed by atoms with E-state index in [0.717, 1.165) is 30.6 Å². The molecule has 1 saturated heterocycles. The molecule has 2 aliphatic rings. The van der Waals surface area contributed by atoms with Gasteiger partial charge in [0, 0.05) is 6.04 Å². The summed E-state index contributed by atoms with van der Waals surface area (Å²) in [7, 11) is 0. The Kier molecular flexibility index (Phi) is 1.79. The van der Waals surface area contributed by atoms with Crippen LogP contribution in [0.25, 0.3) is 0 Å². The largest absolute Gasteiger partial charge is 0.331 e. The second kappa shape index (κ2) is 2.83. The van der Waals surface area contributed by atoms with Crippen molar-refractivity contribution >= 4 is 17.8 Å². The Bertz CT molecular complexity index is 281. The lowest BCUT2D eigenvalue weighted by molar-refractivity contribution is -0.141. The van der Waals surface area contributed by atoms with Gasteiger partial charge < -0.3 is 0 Å². The predicted octanol–water partition coefficient (Wildman–Crippen LogP) is 0.00740. The second-order valence-electron chi connectivity index (χ2n) is 3.37. The number of nitrogens with one attached hydrogen (secondary N) is 1. The molecule has 4 amide bonds. The van der Waals surface area contributed by atoms with Crippen LogP contribution in [0.4, 0.5) is 4.79 Å². The highest BCUT2D eigenvalue weighted by Gasteiger charge is 2.41. The Balaban J connectivity index is 2.17. The zero-order valence-electron chi connectivity index (χ0n) is 7.08. The minimum Gasteiger partial charge on any atom is -0.269 e. The minimum absolute atomic E-state index is 0.0565. The molecule has 0 bridgehead atoms. The number of amides is 4. The molecule has 5 nitrogen and oxygen atoms in total. The first kappa shape index (κ1) is 8.22. The fourth-order valence-electron chi connectivity index (χ4n) is 1.91. The van der Waals surface area contributed by atoms with Crippen LogP contribution in [0.15, 0.2) is 0 Å². The number of urea groups is 1. The Morgan fingerprint density at radius 1 is 1.15 bits per heavy atom. The van der Waals surface area contributed by atoms with Gasteiger partial charge in [0.1, 0.15) is 0 Å². The first-order valence-corrected chi connectivity index (χ1v) is 4.38. The SMILES string of the molecule is O=C1NC(=O)N(C2CCCC2)C1=O. The van der Waals surface area contributed by atoms with Gasteiger partial charge in [0.2, 0.25) is 0 Å². The summed E-state index contributed by atoms with van der Waals surface area (Å²) in [6.45, 7) is 0. The van der Waals surface area contributed by atoms with Crippen LogP contribution in [0.3, 0.4) is 0 Å². The third-order valence-corrected chi connectivity index (χ3v) is 2.54. The van der Waals surface area contributed by atoms with E-state index in [1.165, 1.54) is 0 Å². The fraction of sp³-hybridized carbons (Fsp3) is 0.625. The van der Waals surface area contributed by atoms with E-state index in [-0.39, 0.29) is 6.04 Å². The van der Waals surface area contributed by atoms with Gasteiger partial charge in [0.05, 0.1) is 0 Å². The van der Waals surface area contributed by atoms with Crippen LogP contribution in [-0.2, 0) is 9.59 Å². The Hall–Kier alpha value is -1.39. The van der Waals surface area contributed by atoms with Gasteiger partial charge in [-0.2, -0.15) is 0 Å². The smallest absolute Gasteiger partial charge is 0.269 e. The average Bonchev–Trinajstić information content (AvgIpc) is 2.63. The van der Waals surface area contributed by atoms with Gasteiger partial charge in [0.15, 0.2) is 0 Å². The predicted molar refractivity (Wildman–Crippen MR) is 42.6 cm³/mol. The van der Waals surface area contributed by atoms with Crippen LogP contribution >= 0.6 is 0 Å². The van der Waals surface area contributed by atoms with Crippen LogP contribution < -0.4 is 5.32 Å². The molecule has 1 aliphatic heterocycles. The number of nitrogens with zero attached hydrogens (tertiary/aromatic N) is 1. The molecule has 0 radical (unpaired) electrons. The van der Waals surface area contributed by atoms with Crippen LogP contribution in [0, 0.1) is 0 Å². The lowest BCUT2D eigenvalue weighted by atomic mass is 10.2. The van der Waals surface area contributed by atoms with Crippen molar-refractivity contribution in [3.63, 3.8) is 0 Å². The van der Waals surface area contributed by atoms with E-state index < -0.39 is 17.8 Å². The van der Waals surface area contributed by atoms with Crippen LogP contribution in [-0.4, -0.2) is 28.8 Å². The molecular weight excluding hydrogens is 172 g/mol. The molecule has 70 valence electrons. The van der Waals surface area contributed by atoms with Crippen molar-refractivity contribution in [2.45, 2.75) is 31.7 Å². The van der Waals surface area contributed by atoms with Gasteiger partial charge in [-0.25, -0.2) is 4.79 Å². The molecule has 1 N–H and O–H groups in total. The molecule has 0 spiro atoms. The Morgan fingerprint density at radius 3 is 2.23 bits per heavy atom. The number of hydrogen-bond donors (Lipinski definition) is 1. The van der Waals surface area contributed by atoms with Crippen LogP contribution in [0.5, 0.6) is 0 Å². The van der Waals surface area contributed by atoms with E-state index in [4.69, 9.17) is 0 Å². The molecule has 0 aromatic rings. The summed E-state index contributed by atoms with van der Waals surface area (Å²) < 4.78 is 0. The maximum Gasteiger partial charge on any atom is 0.331 e.